The van der Waals surface area contributed by atoms with Gasteiger partial charge < -0.3 is 10.4 Å². The van der Waals surface area contributed by atoms with Crippen molar-refractivity contribution in [2.75, 3.05) is 5.32 Å². The smallest absolute Gasteiger partial charge is 0.328 e. The average Bonchev–Trinajstić information content (AvgIpc) is 2.37. The van der Waals surface area contributed by atoms with E-state index in [1.54, 1.807) is 24.4 Å². The summed E-state index contributed by atoms with van der Waals surface area (Å²) >= 11 is 0. The van der Waals surface area contributed by atoms with Crippen molar-refractivity contribution in [3.8, 4) is 0 Å². The number of amides is 1. The summed E-state index contributed by atoms with van der Waals surface area (Å²) in [5.74, 6) is -1.65. The van der Waals surface area contributed by atoms with Gasteiger partial charge in [0.25, 0.3) is 0 Å². The lowest BCUT2D eigenvalue weighted by atomic mass is 10.2. The van der Waals surface area contributed by atoms with E-state index in [9.17, 15) is 9.59 Å². The predicted octanol–water partition coefficient (Wildman–Crippen LogP) is 1.81. The van der Waals surface area contributed by atoms with Crippen LogP contribution in [0.15, 0.2) is 48.7 Å². The first-order valence-corrected chi connectivity index (χ1v) is 5.22. The van der Waals surface area contributed by atoms with Gasteiger partial charge in [0.05, 0.1) is 11.2 Å². The maximum atomic E-state index is 11.5. The van der Waals surface area contributed by atoms with Crippen LogP contribution in [0.5, 0.6) is 0 Å². The number of anilines is 1. The summed E-state index contributed by atoms with van der Waals surface area (Å²) in [4.78, 5) is 25.9. The van der Waals surface area contributed by atoms with Crippen LogP contribution in [0.4, 0.5) is 5.69 Å². The molecule has 2 rings (SSSR count). The van der Waals surface area contributed by atoms with Crippen molar-refractivity contribution < 1.29 is 14.7 Å². The standard InChI is InChI=1S/C13H10N2O3/c16-12(6-7-13(17)18)15-11-5-1-4-10-9(11)3-2-8-14-10/h1-8H,(H,15,16)(H,17,18). The molecule has 1 amide bonds. The number of carbonyl (C=O) groups excluding carboxylic acids is 1. The molecule has 0 saturated carbocycles. The van der Waals surface area contributed by atoms with Crippen LogP contribution >= 0.6 is 0 Å². The van der Waals surface area contributed by atoms with Gasteiger partial charge >= 0.3 is 5.97 Å². The summed E-state index contributed by atoms with van der Waals surface area (Å²) in [6.45, 7) is 0. The van der Waals surface area contributed by atoms with Gasteiger partial charge in [-0.2, -0.15) is 0 Å². The van der Waals surface area contributed by atoms with Crippen molar-refractivity contribution in [1.29, 1.82) is 0 Å². The molecule has 1 aromatic carbocycles. The van der Waals surface area contributed by atoms with Gasteiger partial charge in [0.2, 0.25) is 5.91 Å². The van der Waals surface area contributed by atoms with Crippen LogP contribution in [-0.4, -0.2) is 22.0 Å². The van der Waals surface area contributed by atoms with Crippen LogP contribution in [0.2, 0.25) is 0 Å². The minimum atomic E-state index is -1.16. The van der Waals surface area contributed by atoms with E-state index in [0.717, 1.165) is 23.1 Å². The Morgan fingerprint density at radius 3 is 2.78 bits per heavy atom. The number of nitrogens with zero attached hydrogens (tertiary/aromatic N) is 1. The Balaban J connectivity index is 2.27. The molecule has 0 aliphatic rings. The molecule has 90 valence electrons. The molecule has 5 heteroatoms. The summed E-state index contributed by atoms with van der Waals surface area (Å²) in [6, 6.07) is 8.93. The normalized spacial score (nSPS) is 10.7. The first-order valence-electron chi connectivity index (χ1n) is 5.22. The van der Waals surface area contributed by atoms with E-state index in [0.29, 0.717) is 5.69 Å². The van der Waals surface area contributed by atoms with E-state index in [1.807, 2.05) is 12.1 Å². The zero-order chi connectivity index (χ0) is 13.0. The molecule has 1 heterocycles. The van der Waals surface area contributed by atoms with E-state index in [-0.39, 0.29) is 0 Å². The van der Waals surface area contributed by atoms with Crippen LogP contribution in [0, 0.1) is 0 Å². The molecule has 1 aromatic heterocycles. The van der Waals surface area contributed by atoms with Crippen molar-refractivity contribution in [3.05, 3.63) is 48.7 Å². The van der Waals surface area contributed by atoms with E-state index in [2.05, 4.69) is 10.3 Å². The fourth-order valence-electron chi connectivity index (χ4n) is 1.53. The van der Waals surface area contributed by atoms with Crippen LogP contribution in [0.25, 0.3) is 10.9 Å². The largest absolute Gasteiger partial charge is 0.478 e. The lowest BCUT2D eigenvalue weighted by molar-refractivity contribution is -0.131. The minimum Gasteiger partial charge on any atom is -0.478 e. The third-order valence-corrected chi connectivity index (χ3v) is 2.28. The fraction of sp³-hybridized carbons (Fsp3) is 0. The van der Waals surface area contributed by atoms with Crippen LogP contribution in [0.1, 0.15) is 0 Å². The molecule has 0 fully saturated rings. The van der Waals surface area contributed by atoms with Crippen molar-refractivity contribution in [3.63, 3.8) is 0 Å². The van der Waals surface area contributed by atoms with Gasteiger partial charge in [0.1, 0.15) is 0 Å². The Morgan fingerprint density at radius 1 is 1.17 bits per heavy atom. The van der Waals surface area contributed by atoms with E-state index in [4.69, 9.17) is 5.11 Å². The van der Waals surface area contributed by atoms with Gasteiger partial charge in [-0.05, 0) is 24.3 Å². The number of carboxylic acid groups (broad SMARTS) is 1. The molecule has 2 aromatic rings. The number of benzene rings is 1. The molecule has 0 spiro atoms. The van der Waals surface area contributed by atoms with Crippen molar-refractivity contribution in [2.24, 2.45) is 0 Å². The van der Waals surface area contributed by atoms with Gasteiger partial charge in [-0.15, -0.1) is 0 Å². The van der Waals surface area contributed by atoms with Crippen molar-refractivity contribution >= 4 is 28.5 Å². The second-order valence-corrected chi connectivity index (χ2v) is 3.54. The van der Waals surface area contributed by atoms with Crippen molar-refractivity contribution in [2.45, 2.75) is 0 Å². The number of hydrogen-bond donors (Lipinski definition) is 2. The molecular formula is C13H10N2O3. The molecule has 18 heavy (non-hydrogen) atoms. The van der Waals surface area contributed by atoms with E-state index in [1.165, 1.54) is 0 Å². The molecule has 0 radical (unpaired) electrons. The average molecular weight is 242 g/mol. The molecule has 2 N–H and O–H groups in total. The van der Waals surface area contributed by atoms with Crippen LogP contribution in [0.3, 0.4) is 0 Å². The first kappa shape index (κ1) is 11.8. The Labute approximate surface area is 103 Å². The summed E-state index contributed by atoms with van der Waals surface area (Å²) < 4.78 is 0. The van der Waals surface area contributed by atoms with Gasteiger partial charge in [-0.25, -0.2) is 4.79 Å². The number of aliphatic carboxylic acids is 1. The Kier molecular flexibility index (Phi) is 3.33. The number of hydrogen-bond acceptors (Lipinski definition) is 3. The lowest BCUT2D eigenvalue weighted by Crippen LogP contribution is -2.09. The second-order valence-electron chi connectivity index (χ2n) is 3.54. The van der Waals surface area contributed by atoms with Crippen LogP contribution in [-0.2, 0) is 9.59 Å². The topological polar surface area (TPSA) is 79.3 Å². The number of rotatable bonds is 3. The fourth-order valence-corrected chi connectivity index (χ4v) is 1.53. The molecule has 0 atom stereocenters. The Bertz CT molecular complexity index is 630. The van der Waals surface area contributed by atoms with Crippen molar-refractivity contribution in [1.82, 2.24) is 4.98 Å². The lowest BCUT2D eigenvalue weighted by Gasteiger charge is -2.05. The highest BCUT2D eigenvalue weighted by atomic mass is 16.4. The summed E-state index contributed by atoms with van der Waals surface area (Å²) in [7, 11) is 0. The summed E-state index contributed by atoms with van der Waals surface area (Å²) in [5, 5.41) is 11.8. The molecule has 0 unspecified atom stereocenters. The number of carbonyl (C=O) groups is 2. The zero-order valence-electron chi connectivity index (χ0n) is 9.33. The highest BCUT2D eigenvalue weighted by molar-refractivity contribution is 6.06. The van der Waals surface area contributed by atoms with E-state index < -0.39 is 11.9 Å². The predicted molar refractivity (Wildman–Crippen MR) is 67.1 cm³/mol. The monoisotopic (exact) mass is 242 g/mol. The highest BCUT2D eigenvalue weighted by Gasteiger charge is 2.03. The van der Waals surface area contributed by atoms with E-state index >= 15 is 0 Å². The Morgan fingerprint density at radius 2 is 2.00 bits per heavy atom. The molecule has 0 aliphatic heterocycles. The first-order chi connectivity index (χ1) is 8.66. The molecule has 5 nitrogen and oxygen atoms in total. The zero-order valence-corrected chi connectivity index (χ0v) is 9.33. The molecule has 0 aliphatic carbocycles. The maximum Gasteiger partial charge on any atom is 0.328 e. The highest BCUT2D eigenvalue weighted by Crippen LogP contribution is 2.21. The number of aromatic nitrogens is 1. The Hall–Kier alpha value is -2.69. The number of nitrogens with one attached hydrogen (secondary N) is 1. The minimum absolute atomic E-state index is 0.492. The number of pyridine rings is 1. The summed E-state index contributed by atoms with van der Waals surface area (Å²) in [6.07, 6.45) is 3.43. The van der Waals surface area contributed by atoms with Crippen LogP contribution < -0.4 is 5.32 Å². The quantitative estimate of drug-likeness (QED) is 0.804. The third kappa shape index (κ3) is 2.70. The second kappa shape index (κ2) is 5.09. The third-order valence-electron chi connectivity index (χ3n) is 2.28. The van der Waals surface area contributed by atoms with Gasteiger partial charge in [0.15, 0.2) is 0 Å². The molecule has 0 bridgehead atoms. The SMILES string of the molecule is O=C(O)C=CC(=O)Nc1cccc2ncccc12. The number of fused-ring (bicyclic) bond motifs is 1. The maximum absolute atomic E-state index is 11.5. The van der Waals surface area contributed by atoms with Gasteiger partial charge in [0, 0.05) is 23.7 Å². The summed E-state index contributed by atoms with van der Waals surface area (Å²) in [5.41, 5.74) is 1.36. The molecule has 0 saturated heterocycles. The number of carboxylic acids is 1. The van der Waals surface area contributed by atoms with Gasteiger partial charge in [-0.3, -0.25) is 9.78 Å². The molecular weight excluding hydrogens is 232 g/mol. The van der Waals surface area contributed by atoms with Gasteiger partial charge in [-0.1, -0.05) is 6.07 Å².